The quantitative estimate of drug-likeness (QED) is 0.703. The third-order valence-corrected chi connectivity index (χ3v) is 4.59. The lowest BCUT2D eigenvalue weighted by Gasteiger charge is -2.09. The third-order valence-electron chi connectivity index (χ3n) is 3.27. The Hall–Kier alpha value is -1.09. The standard InChI is InChI=1S/C18H22ClNS/c1-4-14(12-20-13(2)3)10-17-8-9-18(21-17)15-6-5-7-16(19)11-15/h5-11,13,20H,4,12H2,1-3H3. The maximum Gasteiger partial charge on any atom is 0.0412 e. The van der Waals surface area contributed by atoms with Gasteiger partial charge in [0.2, 0.25) is 0 Å². The molecular formula is C18H22ClNS. The molecule has 1 N–H and O–H groups in total. The average Bonchev–Trinajstić information content (AvgIpc) is 2.92. The van der Waals surface area contributed by atoms with E-state index in [9.17, 15) is 0 Å². The van der Waals surface area contributed by atoms with Gasteiger partial charge in [-0.15, -0.1) is 11.3 Å². The number of hydrogen-bond donors (Lipinski definition) is 1. The fourth-order valence-electron chi connectivity index (χ4n) is 2.04. The van der Waals surface area contributed by atoms with Crippen LogP contribution in [0.3, 0.4) is 0 Å². The number of benzene rings is 1. The number of thiophene rings is 1. The largest absolute Gasteiger partial charge is 0.311 e. The van der Waals surface area contributed by atoms with E-state index in [0.29, 0.717) is 6.04 Å². The van der Waals surface area contributed by atoms with E-state index in [-0.39, 0.29) is 0 Å². The summed E-state index contributed by atoms with van der Waals surface area (Å²) in [6.07, 6.45) is 3.37. The highest BCUT2D eigenvalue weighted by Crippen LogP contribution is 2.31. The maximum atomic E-state index is 6.06. The number of hydrogen-bond acceptors (Lipinski definition) is 2. The van der Waals surface area contributed by atoms with Gasteiger partial charge in [-0.2, -0.15) is 0 Å². The Morgan fingerprint density at radius 2 is 2.10 bits per heavy atom. The Kier molecular flexibility index (Phi) is 6.04. The van der Waals surface area contributed by atoms with Crippen molar-refractivity contribution in [1.82, 2.24) is 5.32 Å². The normalized spacial score (nSPS) is 12.1. The van der Waals surface area contributed by atoms with Crippen LogP contribution in [0.5, 0.6) is 0 Å². The number of halogens is 1. The first-order chi connectivity index (χ1) is 10.1. The van der Waals surface area contributed by atoms with Crippen LogP contribution in [-0.4, -0.2) is 12.6 Å². The summed E-state index contributed by atoms with van der Waals surface area (Å²) in [7, 11) is 0. The first-order valence-corrected chi connectivity index (χ1v) is 8.56. The van der Waals surface area contributed by atoms with Crippen molar-refractivity contribution in [2.75, 3.05) is 6.54 Å². The molecule has 1 aromatic carbocycles. The average molecular weight is 320 g/mol. The molecule has 112 valence electrons. The number of nitrogens with one attached hydrogen (secondary N) is 1. The zero-order valence-corrected chi connectivity index (χ0v) is 14.4. The van der Waals surface area contributed by atoms with Gasteiger partial charge in [0.05, 0.1) is 0 Å². The van der Waals surface area contributed by atoms with Crippen molar-refractivity contribution >= 4 is 29.0 Å². The summed E-state index contributed by atoms with van der Waals surface area (Å²) in [5, 5.41) is 4.27. The molecule has 21 heavy (non-hydrogen) atoms. The molecule has 1 nitrogen and oxygen atoms in total. The minimum Gasteiger partial charge on any atom is -0.311 e. The molecule has 0 saturated carbocycles. The Labute approximate surface area is 136 Å². The van der Waals surface area contributed by atoms with Crippen LogP contribution in [0.2, 0.25) is 5.02 Å². The van der Waals surface area contributed by atoms with Gasteiger partial charge in [-0.05, 0) is 42.3 Å². The highest BCUT2D eigenvalue weighted by atomic mass is 35.5. The lowest BCUT2D eigenvalue weighted by Crippen LogP contribution is -2.24. The van der Waals surface area contributed by atoms with Gasteiger partial charge in [0.1, 0.15) is 0 Å². The molecule has 0 amide bonds. The van der Waals surface area contributed by atoms with Crippen LogP contribution in [0.15, 0.2) is 42.0 Å². The van der Waals surface area contributed by atoms with E-state index in [1.54, 1.807) is 0 Å². The summed E-state index contributed by atoms with van der Waals surface area (Å²) in [5.41, 5.74) is 2.62. The van der Waals surface area contributed by atoms with Gasteiger partial charge in [0.15, 0.2) is 0 Å². The second kappa shape index (κ2) is 7.79. The molecular weight excluding hydrogens is 298 g/mol. The predicted octanol–water partition coefficient (Wildman–Crippen LogP) is 5.86. The lowest BCUT2D eigenvalue weighted by molar-refractivity contribution is 0.617. The number of rotatable bonds is 6. The van der Waals surface area contributed by atoms with Gasteiger partial charge in [0, 0.05) is 27.4 Å². The minimum atomic E-state index is 0.519. The molecule has 3 heteroatoms. The van der Waals surface area contributed by atoms with Gasteiger partial charge in [-0.3, -0.25) is 0 Å². The van der Waals surface area contributed by atoms with Crippen molar-refractivity contribution in [2.45, 2.75) is 33.2 Å². The second-order valence-electron chi connectivity index (χ2n) is 5.40. The molecule has 0 aliphatic carbocycles. The molecule has 2 aromatic rings. The van der Waals surface area contributed by atoms with E-state index in [1.165, 1.54) is 20.9 Å². The van der Waals surface area contributed by atoms with E-state index in [1.807, 2.05) is 29.5 Å². The van der Waals surface area contributed by atoms with Gasteiger partial charge >= 0.3 is 0 Å². The molecule has 1 heterocycles. The summed E-state index contributed by atoms with van der Waals surface area (Å²) < 4.78 is 0. The predicted molar refractivity (Wildman–Crippen MR) is 96.2 cm³/mol. The Balaban J connectivity index is 2.15. The molecule has 0 unspecified atom stereocenters. The first-order valence-electron chi connectivity index (χ1n) is 7.37. The minimum absolute atomic E-state index is 0.519. The fraction of sp³-hybridized carbons (Fsp3) is 0.333. The molecule has 0 atom stereocenters. The fourth-order valence-corrected chi connectivity index (χ4v) is 3.23. The smallest absolute Gasteiger partial charge is 0.0412 e. The molecule has 0 aliphatic rings. The van der Waals surface area contributed by atoms with E-state index < -0.39 is 0 Å². The molecule has 0 spiro atoms. The van der Waals surface area contributed by atoms with Crippen molar-refractivity contribution in [3.05, 3.63) is 51.9 Å². The Morgan fingerprint density at radius 1 is 1.29 bits per heavy atom. The SMILES string of the molecule is CCC(=Cc1ccc(-c2cccc(Cl)c2)s1)CNC(C)C. The van der Waals surface area contributed by atoms with Gasteiger partial charge in [-0.25, -0.2) is 0 Å². The Bertz CT molecular complexity index is 613. The van der Waals surface area contributed by atoms with Crippen LogP contribution in [-0.2, 0) is 0 Å². The van der Waals surface area contributed by atoms with Gasteiger partial charge in [0.25, 0.3) is 0 Å². The molecule has 2 rings (SSSR count). The second-order valence-corrected chi connectivity index (χ2v) is 6.96. The topological polar surface area (TPSA) is 12.0 Å². The highest BCUT2D eigenvalue weighted by Gasteiger charge is 2.04. The zero-order valence-electron chi connectivity index (χ0n) is 12.8. The van der Waals surface area contributed by atoms with Crippen LogP contribution < -0.4 is 5.32 Å². The molecule has 0 bridgehead atoms. The summed E-state index contributed by atoms with van der Waals surface area (Å²) in [5.74, 6) is 0. The van der Waals surface area contributed by atoms with Crippen molar-refractivity contribution in [3.8, 4) is 10.4 Å². The van der Waals surface area contributed by atoms with E-state index in [0.717, 1.165) is 18.0 Å². The van der Waals surface area contributed by atoms with Crippen LogP contribution in [0.1, 0.15) is 32.1 Å². The highest BCUT2D eigenvalue weighted by molar-refractivity contribution is 7.16. The molecule has 0 radical (unpaired) electrons. The van der Waals surface area contributed by atoms with E-state index in [2.05, 4.69) is 50.4 Å². The van der Waals surface area contributed by atoms with Gasteiger partial charge in [-0.1, -0.05) is 50.1 Å². The summed E-state index contributed by atoms with van der Waals surface area (Å²) in [4.78, 5) is 2.56. The Morgan fingerprint density at radius 3 is 2.76 bits per heavy atom. The molecule has 1 aromatic heterocycles. The van der Waals surface area contributed by atoms with Crippen molar-refractivity contribution in [2.24, 2.45) is 0 Å². The summed E-state index contributed by atoms with van der Waals surface area (Å²) in [6.45, 7) is 7.52. The third kappa shape index (κ3) is 4.99. The van der Waals surface area contributed by atoms with Crippen LogP contribution in [0.4, 0.5) is 0 Å². The van der Waals surface area contributed by atoms with E-state index >= 15 is 0 Å². The molecule has 0 aliphatic heterocycles. The molecule has 0 fully saturated rings. The van der Waals surface area contributed by atoms with E-state index in [4.69, 9.17) is 11.6 Å². The van der Waals surface area contributed by atoms with Crippen molar-refractivity contribution in [1.29, 1.82) is 0 Å². The first kappa shape index (κ1) is 16.3. The zero-order chi connectivity index (χ0) is 15.2. The van der Waals surface area contributed by atoms with Crippen LogP contribution in [0.25, 0.3) is 16.5 Å². The summed E-state index contributed by atoms with van der Waals surface area (Å²) in [6, 6.07) is 12.9. The van der Waals surface area contributed by atoms with Crippen molar-refractivity contribution in [3.63, 3.8) is 0 Å². The van der Waals surface area contributed by atoms with Crippen LogP contribution >= 0.6 is 22.9 Å². The van der Waals surface area contributed by atoms with Crippen molar-refractivity contribution < 1.29 is 0 Å². The van der Waals surface area contributed by atoms with Crippen LogP contribution in [0, 0.1) is 0 Å². The van der Waals surface area contributed by atoms with Gasteiger partial charge < -0.3 is 5.32 Å². The molecule has 0 saturated heterocycles. The monoisotopic (exact) mass is 319 g/mol. The lowest BCUT2D eigenvalue weighted by atomic mass is 10.1. The maximum absolute atomic E-state index is 6.06. The summed E-state index contributed by atoms with van der Waals surface area (Å²) >= 11 is 7.87.